The van der Waals surface area contributed by atoms with Crippen molar-refractivity contribution in [1.29, 1.82) is 0 Å². The quantitative estimate of drug-likeness (QED) is 0.565. The van der Waals surface area contributed by atoms with Crippen LogP contribution in [0.25, 0.3) is 5.69 Å². The maximum absolute atomic E-state index is 2.40. The minimum absolute atomic E-state index is 1.21. The van der Waals surface area contributed by atoms with Crippen molar-refractivity contribution in [2.75, 3.05) is 0 Å². The highest BCUT2D eigenvalue weighted by Gasteiger charge is 2.20. The Balaban J connectivity index is 2.69. The molecule has 1 heterocycles. The first kappa shape index (κ1) is 10.7. The highest BCUT2D eigenvalue weighted by Crippen LogP contribution is 2.17. The SMILES string of the molecule is Cc1c(I)c(C)[n+](C)n1-c1ccccc1. The molecule has 0 N–H and O–H groups in total. The average Bonchev–Trinajstić information content (AvgIpc) is 2.45. The lowest BCUT2D eigenvalue weighted by Crippen LogP contribution is -2.40. The Hall–Kier alpha value is -0.840. The van der Waals surface area contributed by atoms with Crippen LogP contribution in [0.3, 0.4) is 0 Å². The molecule has 0 unspecified atom stereocenters. The van der Waals surface area contributed by atoms with Crippen LogP contribution in [-0.4, -0.2) is 4.68 Å². The van der Waals surface area contributed by atoms with Crippen molar-refractivity contribution in [2.24, 2.45) is 7.05 Å². The molecule has 0 atom stereocenters. The van der Waals surface area contributed by atoms with Gasteiger partial charge in [0.15, 0.2) is 7.05 Å². The van der Waals surface area contributed by atoms with Crippen LogP contribution in [0.2, 0.25) is 0 Å². The minimum Gasteiger partial charge on any atom is -0.124 e. The Kier molecular flexibility index (Phi) is 2.82. The van der Waals surface area contributed by atoms with E-state index in [1.807, 2.05) is 6.07 Å². The predicted molar refractivity (Wildman–Crippen MR) is 69.1 cm³/mol. The van der Waals surface area contributed by atoms with Crippen molar-refractivity contribution >= 4 is 22.6 Å². The minimum atomic E-state index is 1.21. The molecule has 0 aliphatic heterocycles. The smallest absolute Gasteiger partial charge is 0.124 e. The molecule has 0 saturated heterocycles. The van der Waals surface area contributed by atoms with E-state index in [1.54, 1.807) is 0 Å². The van der Waals surface area contributed by atoms with E-state index in [4.69, 9.17) is 0 Å². The first-order valence-electron chi connectivity index (χ1n) is 4.92. The number of aromatic nitrogens is 2. The van der Waals surface area contributed by atoms with Crippen molar-refractivity contribution in [3.63, 3.8) is 0 Å². The fourth-order valence-corrected chi connectivity index (χ4v) is 2.39. The molecule has 78 valence electrons. The third-order valence-corrected chi connectivity index (χ3v) is 4.30. The second-order valence-corrected chi connectivity index (χ2v) is 4.73. The molecule has 0 spiro atoms. The molecule has 0 radical (unpaired) electrons. The number of hydrogen-bond donors (Lipinski definition) is 0. The Bertz CT molecular complexity index is 461. The van der Waals surface area contributed by atoms with Gasteiger partial charge in [-0.15, -0.1) is 9.36 Å². The summed E-state index contributed by atoms with van der Waals surface area (Å²) in [6.45, 7) is 4.30. The lowest BCUT2D eigenvalue weighted by molar-refractivity contribution is -0.750. The summed E-state index contributed by atoms with van der Waals surface area (Å²) in [5, 5.41) is 0. The number of halogens is 1. The summed E-state index contributed by atoms with van der Waals surface area (Å²) in [5.41, 5.74) is 3.81. The van der Waals surface area contributed by atoms with Gasteiger partial charge in [-0.1, -0.05) is 18.2 Å². The van der Waals surface area contributed by atoms with Gasteiger partial charge in [0.25, 0.3) is 0 Å². The van der Waals surface area contributed by atoms with Crippen molar-refractivity contribution in [2.45, 2.75) is 13.8 Å². The summed E-state index contributed by atoms with van der Waals surface area (Å²) < 4.78 is 5.75. The standard InChI is InChI=1S/C12H14IN2/c1-9-12(13)10(2)15(14(9)3)11-7-5-4-6-8-11/h4-8H,1-3H3/q+1. The Morgan fingerprint density at radius 1 is 1.13 bits per heavy atom. The van der Waals surface area contributed by atoms with E-state index in [-0.39, 0.29) is 0 Å². The van der Waals surface area contributed by atoms with Crippen molar-refractivity contribution < 1.29 is 4.68 Å². The van der Waals surface area contributed by atoms with Crippen LogP contribution in [-0.2, 0) is 7.05 Å². The summed E-state index contributed by atoms with van der Waals surface area (Å²) in [6.07, 6.45) is 0. The molecule has 0 aliphatic carbocycles. The number of benzene rings is 1. The van der Waals surface area contributed by atoms with Gasteiger partial charge in [0.1, 0.15) is 9.26 Å². The third-order valence-electron chi connectivity index (χ3n) is 2.74. The molecule has 0 saturated carbocycles. The molecular formula is C12H14IN2+. The topological polar surface area (TPSA) is 8.81 Å². The lowest BCUT2D eigenvalue weighted by Gasteiger charge is -2.01. The van der Waals surface area contributed by atoms with Gasteiger partial charge in [0, 0.05) is 6.92 Å². The molecule has 0 amide bonds. The van der Waals surface area contributed by atoms with Gasteiger partial charge in [-0.25, -0.2) is 0 Å². The van der Waals surface area contributed by atoms with E-state index in [9.17, 15) is 0 Å². The molecule has 1 aromatic heterocycles. The van der Waals surface area contributed by atoms with Crippen LogP contribution < -0.4 is 4.68 Å². The van der Waals surface area contributed by atoms with Gasteiger partial charge in [-0.05, 0) is 41.6 Å². The molecule has 0 aliphatic rings. The normalized spacial score (nSPS) is 10.7. The second kappa shape index (κ2) is 3.96. The Morgan fingerprint density at radius 2 is 1.73 bits per heavy atom. The highest BCUT2D eigenvalue weighted by molar-refractivity contribution is 14.1. The fourth-order valence-electron chi connectivity index (χ4n) is 1.81. The molecule has 2 aromatic rings. The largest absolute Gasteiger partial charge is 0.218 e. The second-order valence-electron chi connectivity index (χ2n) is 3.66. The molecule has 0 bridgehead atoms. The molecule has 3 heteroatoms. The van der Waals surface area contributed by atoms with Crippen LogP contribution in [0.1, 0.15) is 11.4 Å². The Morgan fingerprint density at radius 3 is 2.20 bits per heavy atom. The molecule has 1 aromatic carbocycles. The zero-order valence-corrected chi connectivity index (χ0v) is 11.3. The highest BCUT2D eigenvalue weighted by atomic mass is 127. The first-order valence-corrected chi connectivity index (χ1v) is 6.00. The first-order chi connectivity index (χ1) is 7.13. The lowest BCUT2D eigenvalue weighted by atomic mass is 10.3. The van der Waals surface area contributed by atoms with Crippen LogP contribution in [0.15, 0.2) is 30.3 Å². The monoisotopic (exact) mass is 313 g/mol. The maximum atomic E-state index is 2.40. The molecular weight excluding hydrogens is 299 g/mol. The molecule has 2 nitrogen and oxygen atoms in total. The summed E-state index contributed by atoms with van der Waals surface area (Å²) in [4.78, 5) is 0. The third kappa shape index (κ3) is 1.69. The van der Waals surface area contributed by atoms with Crippen LogP contribution in [0, 0.1) is 17.4 Å². The van der Waals surface area contributed by atoms with Gasteiger partial charge < -0.3 is 0 Å². The van der Waals surface area contributed by atoms with Gasteiger partial charge >= 0.3 is 0 Å². The van der Waals surface area contributed by atoms with E-state index >= 15 is 0 Å². The van der Waals surface area contributed by atoms with Gasteiger partial charge in [0.05, 0.1) is 5.69 Å². The predicted octanol–water partition coefficient (Wildman–Crippen LogP) is 2.52. The number of para-hydroxylation sites is 1. The maximum Gasteiger partial charge on any atom is 0.218 e. The van der Waals surface area contributed by atoms with E-state index in [0.717, 1.165) is 0 Å². The van der Waals surface area contributed by atoms with Gasteiger partial charge in [0.2, 0.25) is 5.69 Å². The molecule has 15 heavy (non-hydrogen) atoms. The summed E-state index contributed by atoms with van der Waals surface area (Å²) in [5.74, 6) is 0. The van der Waals surface area contributed by atoms with Crippen LogP contribution in [0.5, 0.6) is 0 Å². The van der Waals surface area contributed by atoms with E-state index in [1.165, 1.54) is 20.6 Å². The van der Waals surface area contributed by atoms with Crippen molar-refractivity contribution in [1.82, 2.24) is 4.68 Å². The van der Waals surface area contributed by atoms with Crippen molar-refractivity contribution in [3.8, 4) is 5.69 Å². The molecule has 0 fully saturated rings. The summed E-state index contributed by atoms with van der Waals surface area (Å²) in [7, 11) is 2.09. The van der Waals surface area contributed by atoms with Gasteiger partial charge in [-0.2, -0.15) is 0 Å². The summed E-state index contributed by atoms with van der Waals surface area (Å²) >= 11 is 2.40. The fraction of sp³-hybridized carbons (Fsp3) is 0.250. The number of nitrogens with zero attached hydrogens (tertiary/aromatic N) is 2. The van der Waals surface area contributed by atoms with Crippen LogP contribution in [0.4, 0.5) is 0 Å². The number of rotatable bonds is 1. The summed E-state index contributed by atoms with van der Waals surface area (Å²) in [6, 6.07) is 10.4. The van der Waals surface area contributed by atoms with E-state index < -0.39 is 0 Å². The zero-order chi connectivity index (χ0) is 11.0. The van der Waals surface area contributed by atoms with Crippen molar-refractivity contribution in [3.05, 3.63) is 45.3 Å². The van der Waals surface area contributed by atoms with E-state index in [0.29, 0.717) is 0 Å². The average molecular weight is 313 g/mol. The van der Waals surface area contributed by atoms with Crippen LogP contribution >= 0.6 is 22.6 Å². The number of hydrogen-bond acceptors (Lipinski definition) is 0. The zero-order valence-electron chi connectivity index (χ0n) is 9.16. The van der Waals surface area contributed by atoms with E-state index in [2.05, 4.69) is 77.1 Å². The van der Waals surface area contributed by atoms with Gasteiger partial charge in [-0.3, -0.25) is 0 Å². The molecule has 2 rings (SSSR count). The Labute approximate surface area is 104 Å².